The number of hydrogen-bond acceptors (Lipinski definition) is 2. The first-order chi connectivity index (χ1) is 7.38. The Morgan fingerprint density at radius 2 is 2.13 bits per heavy atom. The average Bonchev–Trinajstić information content (AvgIpc) is 2.76. The Morgan fingerprint density at radius 1 is 1.33 bits per heavy atom. The Balaban J connectivity index is 1.90. The van der Waals surface area contributed by atoms with Crippen molar-refractivity contribution < 1.29 is 5.11 Å². The maximum absolute atomic E-state index is 9.00. The van der Waals surface area contributed by atoms with Crippen LogP contribution in [0, 0.1) is 5.92 Å². The molecule has 0 radical (unpaired) electrons. The van der Waals surface area contributed by atoms with E-state index in [-0.39, 0.29) is 0 Å². The van der Waals surface area contributed by atoms with Crippen molar-refractivity contribution in [1.82, 2.24) is 5.32 Å². The zero-order chi connectivity index (χ0) is 10.5. The van der Waals surface area contributed by atoms with Crippen LogP contribution >= 0.6 is 0 Å². The van der Waals surface area contributed by atoms with Gasteiger partial charge in [-0.15, -0.1) is 0 Å². The second-order valence-electron chi connectivity index (χ2n) is 4.07. The van der Waals surface area contributed by atoms with Crippen molar-refractivity contribution in [3.63, 3.8) is 0 Å². The van der Waals surface area contributed by atoms with Crippen LogP contribution in [0.25, 0.3) is 6.08 Å². The summed E-state index contributed by atoms with van der Waals surface area (Å²) >= 11 is 0. The zero-order valence-electron chi connectivity index (χ0n) is 8.76. The van der Waals surface area contributed by atoms with Crippen LogP contribution < -0.4 is 5.32 Å². The molecule has 1 saturated heterocycles. The molecule has 1 aliphatic rings. The molecule has 2 heteroatoms. The minimum atomic E-state index is 0.294. The lowest BCUT2D eigenvalue weighted by molar-refractivity contribution is 0.236. The molecule has 1 aromatic rings. The van der Waals surface area contributed by atoms with Crippen molar-refractivity contribution in [1.29, 1.82) is 0 Å². The van der Waals surface area contributed by atoms with Gasteiger partial charge in [0.05, 0.1) is 0 Å². The summed E-state index contributed by atoms with van der Waals surface area (Å²) in [6.07, 6.45) is 5.36. The van der Waals surface area contributed by atoms with Gasteiger partial charge in [-0.3, -0.25) is 0 Å². The lowest BCUT2D eigenvalue weighted by Gasteiger charge is -2.03. The smallest absolute Gasteiger partial charge is 0.0472 e. The maximum Gasteiger partial charge on any atom is 0.0472 e. The van der Waals surface area contributed by atoms with Crippen LogP contribution in [0.1, 0.15) is 12.0 Å². The normalized spacial score (nSPS) is 26.2. The van der Waals surface area contributed by atoms with Crippen LogP contribution in [0.5, 0.6) is 0 Å². The molecule has 80 valence electrons. The standard InChI is InChI=1S/C13H17NO/c15-10-12-8-13(14-9-12)7-6-11-4-2-1-3-5-11/h1-7,12-15H,8-10H2/t12-,13?/m0/s1. The summed E-state index contributed by atoms with van der Waals surface area (Å²) in [4.78, 5) is 0. The predicted octanol–water partition coefficient (Wildman–Crippen LogP) is 1.67. The summed E-state index contributed by atoms with van der Waals surface area (Å²) in [6.45, 7) is 1.23. The van der Waals surface area contributed by atoms with Crippen LogP contribution in [0.15, 0.2) is 36.4 Å². The number of hydrogen-bond donors (Lipinski definition) is 2. The monoisotopic (exact) mass is 203 g/mol. The molecule has 15 heavy (non-hydrogen) atoms. The third-order valence-corrected chi connectivity index (χ3v) is 2.83. The van der Waals surface area contributed by atoms with E-state index in [1.54, 1.807) is 0 Å². The average molecular weight is 203 g/mol. The summed E-state index contributed by atoms with van der Waals surface area (Å²) in [7, 11) is 0. The number of nitrogens with one attached hydrogen (secondary N) is 1. The SMILES string of the molecule is OC[C@@H]1CNC(C=Cc2ccccc2)C1. The molecule has 1 fully saturated rings. The van der Waals surface area contributed by atoms with Crippen molar-refractivity contribution in [2.45, 2.75) is 12.5 Å². The Hall–Kier alpha value is -1.12. The van der Waals surface area contributed by atoms with Crippen LogP contribution in [0.3, 0.4) is 0 Å². The lowest BCUT2D eigenvalue weighted by Crippen LogP contribution is -2.18. The summed E-state index contributed by atoms with van der Waals surface area (Å²) in [5.74, 6) is 0.426. The minimum Gasteiger partial charge on any atom is -0.396 e. The number of benzene rings is 1. The fraction of sp³-hybridized carbons (Fsp3) is 0.385. The highest BCUT2D eigenvalue weighted by Crippen LogP contribution is 2.15. The van der Waals surface area contributed by atoms with E-state index in [9.17, 15) is 0 Å². The van der Waals surface area contributed by atoms with Gasteiger partial charge in [0.25, 0.3) is 0 Å². The van der Waals surface area contributed by atoms with E-state index in [0.29, 0.717) is 18.6 Å². The van der Waals surface area contributed by atoms with Crippen molar-refractivity contribution in [2.24, 2.45) is 5.92 Å². The second kappa shape index (κ2) is 5.10. The Morgan fingerprint density at radius 3 is 2.80 bits per heavy atom. The number of aliphatic hydroxyl groups is 1. The van der Waals surface area contributed by atoms with Crippen LogP contribution in [-0.4, -0.2) is 24.3 Å². The highest BCUT2D eigenvalue weighted by molar-refractivity contribution is 5.49. The maximum atomic E-state index is 9.00. The van der Waals surface area contributed by atoms with Crippen LogP contribution in [0.2, 0.25) is 0 Å². The fourth-order valence-electron chi connectivity index (χ4n) is 1.92. The van der Waals surface area contributed by atoms with Gasteiger partial charge in [-0.05, 0) is 17.9 Å². The van der Waals surface area contributed by atoms with Crippen molar-refractivity contribution >= 4 is 6.08 Å². The zero-order valence-corrected chi connectivity index (χ0v) is 8.76. The van der Waals surface area contributed by atoms with Gasteiger partial charge in [0.2, 0.25) is 0 Å². The molecular weight excluding hydrogens is 186 g/mol. The summed E-state index contributed by atoms with van der Waals surface area (Å²) < 4.78 is 0. The molecule has 1 aromatic carbocycles. The molecule has 2 N–H and O–H groups in total. The highest BCUT2D eigenvalue weighted by Gasteiger charge is 2.20. The molecule has 1 unspecified atom stereocenters. The van der Waals surface area contributed by atoms with Crippen molar-refractivity contribution in [3.05, 3.63) is 42.0 Å². The van der Waals surface area contributed by atoms with E-state index in [0.717, 1.165) is 13.0 Å². The Kier molecular flexibility index (Phi) is 3.54. The van der Waals surface area contributed by atoms with Gasteiger partial charge in [-0.1, -0.05) is 42.5 Å². The quantitative estimate of drug-likeness (QED) is 0.783. The lowest BCUT2D eigenvalue weighted by atomic mass is 10.1. The van der Waals surface area contributed by atoms with E-state index < -0.39 is 0 Å². The molecule has 0 spiro atoms. The van der Waals surface area contributed by atoms with Gasteiger partial charge in [-0.25, -0.2) is 0 Å². The van der Waals surface area contributed by atoms with Crippen LogP contribution in [-0.2, 0) is 0 Å². The van der Waals surface area contributed by atoms with Gasteiger partial charge in [0, 0.05) is 19.2 Å². The van der Waals surface area contributed by atoms with Crippen molar-refractivity contribution in [3.8, 4) is 0 Å². The fourth-order valence-corrected chi connectivity index (χ4v) is 1.92. The molecular formula is C13H17NO. The number of rotatable bonds is 3. The second-order valence-corrected chi connectivity index (χ2v) is 4.07. The summed E-state index contributed by atoms with van der Waals surface area (Å²) in [5, 5.41) is 12.4. The van der Waals surface area contributed by atoms with Crippen molar-refractivity contribution in [2.75, 3.05) is 13.2 Å². The van der Waals surface area contributed by atoms with Gasteiger partial charge in [-0.2, -0.15) is 0 Å². The Labute approximate surface area is 90.6 Å². The Bertz CT molecular complexity index is 321. The molecule has 2 rings (SSSR count). The van der Waals surface area contributed by atoms with E-state index in [1.165, 1.54) is 5.56 Å². The molecule has 0 saturated carbocycles. The predicted molar refractivity (Wildman–Crippen MR) is 62.5 cm³/mol. The number of aliphatic hydroxyl groups excluding tert-OH is 1. The highest BCUT2D eigenvalue weighted by atomic mass is 16.3. The van der Waals surface area contributed by atoms with Crippen LogP contribution in [0.4, 0.5) is 0 Å². The van der Waals surface area contributed by atoms with E-state index in [2.05, 4.69) is 29.6 Å². The third-order valence-electron chi connectivity index (χ3n) is 2.83. The molecule has 2 atom stereocenters. The van der Waals surface area contributed by atoms with Gasteiger partial charge >= 0.3 is 0 Å². The third kappa shape index (κ3) is 2.91. The van der Waals surface area contributed by atoms with Gasteiger partial charge < -0.3 is 10.4 Å². The first-order valence-electron chi connectivity index (χ1n) is 5.46. The summed E-state index contributed by atoms with van der Waals surface area (Å²) in [5.41, 5.74) is 1.23. The van der Waals surface area contributed by atoms with E-state index in [4.69, 9.17) is 5.11 Å². The first kappa shape index (κ1) is 10.4. The molecule has 0 amide bonds. The molecule has 0 bridgehead atoms. The van der Waals surface area contributed by atoms with E-state index in [1.807, 2.05) is 18.2 Å². The topological polar surface area (TPSA) is 32.3 Å². The molecule has 1 heterocycles. The minimum absolute atomic E-state index is 0.294. The molecule has 0 aliphatic carbocycles. The summed E-state index contributed by atoms with van der Waals surface area (Å²) in [6, 6.07) is 10.7. The largest absolute Gasteiger partial charge is 0.396 e. The molecule has 0 aromatic heterocycles. The van der Waals surface area contributed by atoms with Gasteiger partial charge in [0.15, 0.2) is 0 Å². The van der Waals surface area contributed by atoms with E-state index >= 15 is 0 Å². The first-order valence-corrected chi connectivity index (χ1v) is 5.46. The van der Waals surface area contributed by atoms with Gasteiger partial charge in [0.1, 0.15) is 0 Å². The molecule has 2 nitrogen and oxygen atoms in total. The molecule has 1 aliphatic heterocycles.